The Labute approximate surface area is 390 Å². The van der Waals surface area contributed by atoms with E-state index in [0.29, 0.717) is 50.8 Å². The first kappa shape index (κ1) is 54.4. The second-order valence-electron chi connectivity index (χ2n) is 15.9. The molecule has 0 aliphatic rings. The zero-order valence-corrected chi connectivity index (χ0v) is 38.7. The summed E-state index contributed by atoms with van der Waals surface area (Å²) >= 11 is 0. The molecule has 0 atom stereocenters. The minimum absolute atomic E-state index is 0.0339. The number of benzene rings is 3. The van der Waals surface area contributed by atoms with Crippen LogP contribution in [0.15, 0.2) is 92.0 Å². The van der Waals surface area contributed by atoms with Gasteiger partial charge in [0.15, 0.2) is 0 Å². The van der Waals surface area contributed by atoms with Gasteiger partial charge in [0.25, 0.3) is 0 Å². The van der Waals surface area contributed by atoms with Gasteiger partial charge in [-0.15, -0.1) is 0 Å². The van der Waals surface area contributed by atoms with Gasteiger partial charge in [0, 0.05) is 18.8 Å². The molecule has 0 saturated heterocycles. The normalized spacial score (nSPS) is 10.7. The molecule has 13 heteroatoms. The summed E-state index contributed by atoms with van der Waals surface area (Å²) in [7, 11) is 0. The molecule has 0 aromatic heterocycles. The summed E-state index contributed by atoms with van der Waals surface area (Å²) < 4.78 is 38.4. The number of esters is 5. The van der Waals surface area contributed by atoms with Gasteiger partial charge in [-0.05, 0) is 105 Å². The molecule has 0 spiro atoms. The largest absolute Gasteiger partial charge is 0.494 e. The van der Waals surface area contributed by atoms with Gasteiger partial charge in [-0.1, -0.05) is 103 Å². The van der Waals surface area contributed by atoms with Gasteiger partial charge >= 0.3 is 29.8 Å². The topological polar surface area (TPSA) is 170 Å². The Hall–Kier alpha value is -5.95. The number of rotatable bonds is 37. The molecule has 0 aliphatic heterocycles. The van der Waals surface area contributed by atoms with Crippen LogP contribution in [0.1, 0.15) is 159 Å². The number of aliphatic hydroxyl groups excluding tert-OH is 1. The molecule has 66 heavy (non-hydrogen) atoms. The summed E-state index contributed by atoms with van der Waals surface area (Å²) in [6.07, 6.45) is 22.6. The number of ether oxygens (including phenoxy) is 7. The fraction of sp³-hybridized carbons (Fsp3) is 0.491. The van der Waals surface area contributed by atoms with E-state index in [1.807, 2.05) is 0 Å². The van der Waals surface area contributed by atoms with Crippen molar-refractivity contribution in [1.82, 2.24) is 0 Å². The van der Waals surface area contributed by atoms with Crippen molar-refractivity contribution >= 4 is 29.8 Å². The van der Waals surface area contributed by atoms with Crippen LogP contribution in [0.2, 0.25) is 0 Å². The molecular weight excluding hydrogens is 845 g/mol. The van der Waals surface area contributed by atoms with E-state index in [2.05, 4.69) is 13.2 Å². The van der Waals surface area contributed by atoms with Crippen molar-refractivity contribution in [3.8, 4) is 23.0 Å². The Bertz CT molecular complexity index is 1890. The highest BCUT2D eigenvalue weighted by Crippen LogP contribution is 2.28. The first-order valence-electron chi connectivity index (χ1n) is 23.6. The van der Waals surface area contributed by atoms with Crippen LogP contribution in [-0.4, -0.2) is 74.6 Å². The van der Waals surface area contributed by atoms with Crippen LogP contribution in [0.5, 0.6) is 23.0 Å². The maximum Gasteiger partial charge on any atom is 0.343 e. The summed E-state index contributed by atoms with van der Waals surface area (Å²) in [6.45, 7) is 8.78. The van der Waals surface area contributed by atoms with Crippen LogP contribution in [0.3, 0.4) is 0 Å². The van der Waals surface area contributed by atoms with E-state index >= 15 is 0 Å². The van der Waals surface area contributed by atoms with E-state index in [4.69, 9.17) is 38.3 Å². The van der Waals surface area contributed by atoms with Crippen molar-refractivity contribution < 1.29 is 62.2 Å². The van der Waals surface area contributed by atoms with Crippen molar-refractivity contribution in [2.24, 2.45) is 0 Å². The molecule has 3 aromatic carbocycles. The van der Waals surface area contributed by atoms with Crippen molar-refractivity contribution in [3.63, 3.8) is 0 Å². The summed E-state index contributed by atoms with van der Waals surface area (Å²) in [6, 6.07) is 17.3. The third-order valence-corrected chi connectivity index (χ3v) is 10.5. The Kier molecular flexibility index (Phi) is 28.3. The molecule has 0 saturated carbocycles. The number of aliphatic hydroxyl groups is 1. The molecule has 0 radical (unpaired) electrons. The first-order valence-corrected chi connectivity index (χ1v) is 23.6. The van der Waals surface area contributed by atoms with Gasteiger partial charge in [-0.3, -0.25) is 0 Å². The maximum atomic E-state index is 13.2. The summed E-state index contributed by atoms with van der Waals surface area (Å²) in [5.74, 6) is -1.65. The molecule has 0 bridgehead atoms. The van der Waals surface area contributed by atoms with Crippen molar-refractivity contribution in [3.05, 3.63) is 109 Å². The Morgan fingerprint density at radius 1 is 0.409 bits per heavy atom. The van der Waals surface area contributed by atoms with E-state index in [1.54, 1.807) is 48.5 Å². The summed E-state index contributed by atoms with van der Waals surface area (Å²) in [5, 5.41) is 9.13. The second-order valence-corrected chi connectivity index (χ2v) is 15.9. The number of hydrogen-bond acceptors (Lipinski definition) is 13. The molecule has 0 aliphatic carbocycles. The summed E-state index contributed by atoms with van der Waals surface area (Å²) in [4.78, 5) is 61.6. The Balaban J connectivity index is 1.40. The average molecular weight is 915 g/mol. The SMILES string of the molecule is C=CC(=O)OCCCCCCCCCCCOc1ccc(C(=O)Oc2ccc(OC(=O)c3ccc(OCCCCCCCCCCCOC(=O)C=C)cc3)c(C(=O)OCCCCO)c2)cc1. The van der Waals surface area contributed by atoms with E-state index in [-0.39, 0.29) is 53.3 Å². The lowest BCUT2D eigenvalue weighted by Crippen LogP contribution is -2.15. The lowest BCUT2D eigenvalue weighted by molar-refractivity contribution is -0.138. The highest BCUT2D eigenvalue weighted by molar-refractivity contribution is 5.97. The van der Waals surface area contributed by atoms with E-state index in [1.165, 1.54) is 56.0 Å². The van der Waals surface area contributed by atoms with E-state index in [9.17, 15) is 24.0 Å². The van der Waals surface area contributed by atoms with Gasteiger partial charge < -0.3 is 38.3 Å². The zero-order valence-electron chi connectivity index (χ0n) is 38.7. The molecule has 0 fully saturated rings. The molecule has 0 unspecified atom stereocenters. The maximum absolute atomic E-state index is 13.2. The number of unbranched alkanes of at least 4 members (excludes halogenated alkanes) is 17. The average Bonchev–Trinajstić information content (AvgIpc) is 3.33. The first-order chi connectivity index (χ1) is 32.2. The third-order valence-electron chi connectivity index (χ3n) is 10.5. The van der Waals surface area contributed by atoms with Crippen molar-refractivity contribution in [2.45, 2.75) is 128 Å². The van der Waals surface area contributed by atoms with Gasteiger partial charge in [0.1, 0.15) is 28.6 Å². The molecule has 3 rings (SSSR count). The predicted molar refractivity (Wildman–Crippen MR) is 252 cm³/mol. The Morgan fingerprint density at radius 2 is 0.773 bits per heavy atom. The Morgan fingerprint density at radius 3 is 1.20 bits per heavy atom. The number of carbonyl (C=O) groups is 5. The lowest BCUT2D eigenvalue weighted by Gasteiger charge is -2.13. The standard InChI is InChI=1S/C53H70O13/c1-3-49(55)62-38-22-17-13-9-5-7-11-15-20-36-60-44-29-25-42(26-30-44)51(57)65-46-33-34-48(47(41-46)53(59)64-40-24-19-35-54)66-52(58)43-27-31-45(32-28-43)61-37-21-16-12-8-6-10-14-18-23-39-63-50(56)4-2/h3-4,25-34,41,54H,1-2,5-24,35-40H2. The monoisotopic (exact) mass is 914 g/mol. The minimum Gasteiger partial charge on any atom is -0.494 e. The van der Waals surface area contributed by atoms with E-state index < -0.39 is 17.9 Å². The highest BCUT2D eigenvalue weighted by Gasteiger charge is 2.21. The van der Waals surface area contributed by atoms with Crippen LogP contribution >= 0.6 is 0 Å². The zero-order chi connectivity index (χ0) is 47.5. The lowest BCUT2D eigenvalue weighted by atomic mass is 10.1. The molecule has 0 heterocycles. The van der Waals surface area contributed by atoms with Crippen LogP contribution in [0.25, 0.3) is 0 Å². The van der Waals surface area contributed by atoms with Crippen LogP contribution < -0.4 is 18.9 Å². The number of carbonyl (C=O) groups excluding carboxylic acids is 5. The van der Waals surface area contributed by atoms with Crippen LogP contribution in [0, 0.1) is 0 Å². The number of hydrogen-bond donors (Lipinski definition) is 1. The molecule has 0 amide bonds. The predicted octanol–water partition coefficient (Wildman–Crippen LogP) is 11.3. The molecule has 13 nitrogen and oxygen atoms in total. The summed E-state index contributed by atoms with van der Waals surface area (Å²) in [5.41, 5.74) is 0.412. The second kappa shape index (κ2) is 34.4. The van der Waals surface area contributed by atoms with Gasteiger partial charge in [-0.25, -0.2) is 24.0 Å². The molecule has 1 N–H and O–H groups in total. The third kappa shape index (κ3) is 23.8. The fourth-order valence-corrected chi connectivity index (χ4v) is 6.70. The molecule has 3 aromatic rings. The molecule has 360 valence electrons. The minimum atomic E-state index is -0.781. The van der Waals surface area contributed by atoms with Gasteiger partial charge in [-0.2, -0.15) is 0 Å². The van der Waals surface area contributed by atoms with Crippen molar-refractivity contribution in [2.75, 3.05) is 39.6 Å². The van der Waals surface area contributed by atoms with E-state index in [0.717, 1.165) is 89.9 Å². The van der Waals surface area contributed by atoms with Crippen LogP contribution in [0.4, 0.5) is 0 Å². The van der Waals surface area contributed by atoms with Crippen LogP contribution in [-0.2, 0) is 23.8 Å². The van der Waals surface area contributed by atoms with Crippen molar-refractivity contribution in [1.29, 1.82) is 0 Å². The smallest absolute Gasteiger partial charge is 0.343 e. The molecular formula is C53H70O13. The van der Waals surface area contributed by atoms with Gasteiger partial charge in [0.05, 0.1) is 44.2 Å². The fourth-order valence-electron chi connectivity index (χ4n) is 6.70. The quantitative estimate of drug-likeness (QED) is 0.0191. The highest BCUT2D eigenvalue weighted by atomic mass is 16.6. The van der Waals surface area contributed by atoms with Gasteiger partial charge in [0.2, 0.25) is 0 Å².